The first-order valence-corrected chi connectivity index (χ1v) is 4.64. The van der Waals surface area contributed by atoms with E-state index in [-0.39, 0.29) is 0 Å². The maximum Gasteiger partial charge on any atom is 0.0227 e. The Labute approximate surface area is 79.8 Å². The normalized spacial score (nSPS) is 12.4. The monoisotopic (exact) mass is 173 g/mol. The van der Waals surface area contributed by atoms with Gasteiger partial charge in [0.25, 0.3) is 0 Å². The molecule has 0 aromatic heterocycles. The average molecular weight is 173 g/mol. The van der Waals surface area contributed by atoms with Gasteiger partial charge >= 0.3 is 0 Å². The molecule has 0 fully saturated rings. The van der Waals surface area contributed by atoms with Crippen LogP contribution in [0, 0.1) is 0 Å². The van der Waals surface area contributed by atoms with Gasteiger partial charge in [0, 0.05) is 18.8 Å². The smallest absolute Gasteiger partial charge is 0.0227 e. The number of hydrogen-bond acceptors (Lipinski definition) is 1. The summed E-state index contributed by atoms with van der Waals surface area (Å²) >= 11 is 0. The molecule has 1 aliphatic rings. The Morgan fingerprint density at radius 3 is 2.31 bits per heavy atom. The molecule has 0 spiro atoms. The highest BCUT2D eigenvalue weighted by Gasteiger charge is 1.79. The van der Waals surface area contributed by atoms with Crippen LogP contribution in [0.3, 0.4) is 0 Å². The minimum atomic E-state index is 1.03. The minimum absolute atomic E-state index is 1.03. The zero-order valence-corrected chi connectivity index (χ0v) is 7.98. The van der Waals surface area contributed by atoms with Gasteiger partial charge in [0.15, 0.2) is 0 Å². The fourth-order valence-corrected chi connectivity index (χ4v) is 1.02. The van der Waals surface area contributed by atoms with Gasteiger partial charge in [0.05, 0.1) is 0 Å². The molecule has 1 aliphatic heterocycles. The number of nitrogens with zero attached hydrogens (tertiary/aromatic N) is 1. The summed E-state index contributed by atoms with van der Waals surface area (Å²) in [5.41, 5.74) is 1.41. The molecule has 1 aromatic rings. The van der Waals surface area contributed by atoms with E-state index >= 15 is 0 Å². The van der Waals surface area contributed by atoms with Crippen molar-refractivity contribution in [3.8, 4) is 0 Å². The zero-order chi connectivity index (χ0) is 9.36. The molecule has 68 valence electrons. The molecule has 0 saturated carbocycles. The van der Waals surface area contributed by atoms with Crippen LogP contribution in [0.2, 0.25) is 0 Å². The van der Waals surface area contributed by atoms with Crippen molar-refractivity contribution in [2.75, 3.05) is 0 Å². The van der Waals surface area contributed by atoms with E-state index in [0.717, 1.165) is 12.8 Å². The zero-order valence-electron chi connectivity index (χ0n) is 7.98. The molecule has 0 radical (unpaired) electrons. The summed E-state index contributed by atoms with van der Waals surface area (Å²) in [6.45, 7) is 2.16. The second kappa shape index (κ2) is 6.18. The first-order valence-electron chi connectivity index (χ1n) is 4.64. The Morgan fingerprint density at radius 2 is 2.00 bits per heavy atom. The Kier molecular flexibility index (Phi) is 4.62. The quantitative estimate of drug-likeness (QED) is 0.618. The summed E-state index contributed by atoms with van der Waals surface area (Å²) < 4.78 is 0. The van der Waals surface area contributed by atoms with Crippen molar-refractivity contribution < 1.29 is 0 Å². The fourth-order valence-electron chi connectivity index (χ4n) is 1.02. The van der Waals surface area contributed by atoms with Gasteiger partial charge in [0.2, 0.25) is 0 Å². The van der Waals surface area contributed by atoms with E-state index in [2.05, 4.69) is 36.2 Å². The van der Waals surface area contributed by atoms with Gasteiger partial charge in [-0.3, -0.25) is 4.99 Å². The third-order valence-corrected chi connectivity index (χ3v) is 1.79. The van der Waals surface area contributed by atoms with Gasteiger partial charge in [-0.25, -0.2) is 0 Å². The van der Waals surface area contributed by atoms with E-state index in [4.69, 9.17) is 0 Å². The van der Waals surface area contributed by atoms with Gasteiger partial charge in [0.1, 0.15) is 0 Å². The summed E-state index contributed by atoms with van der Waals surface area (Å²) in [6, 6.07) is 10.5. The van der Waals surface area contributed by atoms with Crippen LogP contribution in [0.25, 0.3) is 0 Å². The van der Waals surface area contributed by atoms with E-state index in [1.54, 1.807) is 6.20 Å². The molecule has 1 nitrogen and oxygen atoms in total. The molecule has 0 unspecified atom stereocenters. The SMILES string of the molecule is C1=CN=CC1.CCc1ccccc1. The van der Waals surface area contributed by atoms with E-state index < -0.39 is 0 Å². The van der Waals surface area contributed by atoms with Crippen LogP contribution in [0.5, 0.6) is 0 Å². The second-order valence-corrected chi connectivity index (χ2v) is 2.79. The molecule has 0 N–H and O–H groups in total. The first-order chi connectivity index (χ1) is 6.43. The van der Waals surface area contributed by atoms with Crippen molar-refractivity contribution in [1.82, 2.24) is 0 Å². The van der Waals surface area contributed by atoms with Crippen molar-refractivity contribution >= 4 is 6.21 Å². The van der Waals surface area contributed by atoms with Crippen LogP contribution in [0.1, 0.15) is 18.9 Å². The van der Waals surface area contributed by atoms with Gasteiger partial charge < -0.3 is 0 Å². The predicted molar refractivity (Wildman–Crippen MR) is 58.1 cm³/mol. The standard InChI is InChI=1S/C8H10.C4H5N/c1-2-8-6-4-3-5-7-8;1-2-4-5-3-1/h3-7H,2H2,1H3;1,3-4H,2H2. The summed E-state index contributed by atoms with van der Waals surface area (Å²) in [4.78, 5) is 3.78. The molecule has 0 amide bonds. The van der Waals surface area contributed by atoms with Crippen LogP contribution in [0.15, 0.2) is 47.6 Å². The van der Waals surface area contributed by atoms with E-state index in [1.807, 2.05) is 18.4 Å². The summed E-state index contributed by atoms with van der Waals surface area (Å²) in [5, 5.41) is 0. The number of hydrogen-bond donors (Lipinski definition) is 0. The van der Waals surface area contributed by atoms with Crippen LogP contribution >= 0.6 is 0 Å². The van der Waals surface area contributed by atoms with E-state index in [1.165, 1.54) is 5.56 Å². The van der Waals surface area contributed by atoms with Gasteiger partial charge in [-0.2, -0.15) is 0 Å². The molecular weight excluding hydrogens is 158 g/mol. The second-order valence-electron chi connectivity index (χ2n) is 2.79. The van der Waals surface area contributed by atoms with Crippen molar-refractivity contribution in [2.24, 2.45) is 4.99 Å². The molecule has 0 bridgehead atoms. The lowest BCUT2D eigenvalue weighted by molar-refractivity contribution is 1.14. The van der Waals surface area contributed by atoms with Gasteiger partial charge in [-0.1, -0.05) is 43.3 Å². The minimum Gasteiger partial charge on any atom is -0.269 e. The topological polar surface area (TPSA) is 12.4 Å². The largest absolute Gasteiger partial charge is 0.269 e. The summed E-state index contributed by atoms with van der Waals surface area (Å²) in [7, 11) is 0. The Hall–Kier alpha value is -1.37. The summed E-state index contributed by atoms with van der Waals surface area (Å²) in [6.07, 6.45) is 7.86. The summed E-state index contributed by atoms with van der Waals surface area (Å²) in [5.74, 6) is 0. The Balaban J connectivity index is 0.000000145. The van der Waals surface area contributed by atoms with Crippen LogP contribution < -0.4 is 0 Å². The van der Waals surface area contributed by atoms with Gasteiger partial charge in [-0.15, -0.1) is 0 Å². The molecule has 1 heterocycles. The first kappa shape index (κ1) is 9.72. The molecule has 0 aliphatic carbocycles. The molecule has 1 heteroatoms. The van der Waals surface area contributed by atoms with Gasteiger partial charge in [-0.05, 0) is 12.0 Å². The van der Waals surface area contributed by atoms with Crippen molar-refractivity contribution in [2.45, 2.75) is 19.8 Å². The maximum absolute atomic E-state index is 3.78. The number of benzene rings is 1. The van der Waals surface area contributed by atoms with Crippen molar-refractivity contribution in [3.63, 3.8) is 0 Å². The van der Waals surface area contributed by atoms with E-state index in [9.17, 15) is 0 Å². The number of aryl methyl sites for hydroxylation is 1. The third-order valence-electron chi connectivity index (χ3n) is 1.79. The highest BCUT2D eigenvalue weighted by molar-refractivity contribution is 5.62. The highest BCUT2D eigenvalue weighted by atomic mass is 14.7. The fraction of sp³-hybridized carbons (Fsp3) is 0.250. The number of allylic oxidation sites excluding steroid dienone is 1. The maximum atomic E-state index is 3.78. The average Bonchev–Trinajstić information content (AvgIpc) is 2.77. The molecule has 0 atom stereocenters. The molecule has 2 rings (SSSR count). The Morgan fingerprint density at radius 1 is 1.23 bits per heavy atom. The van der Waals surface area contributed by atoms with E-state index in [0.29, 0.717) is 0 Å². The van der Waals surface area contributed by atoms with Crippen molar-refractivity contribution in [1.29, 1.82) is 0 Å². The van der Waals surface area contributed by atoms with Crippen molar-refractivity contribution in [3.05, 3.63) is 48.2 Å². The molecule has 0 saturated heterocycles. The van der Waals surface area contributed by atoms with Crippen LogP contribution in [0.4, 0.5) is 0 Å². The van der Waals surface area contributed by atoms with Crippen LogP contribution in [-0.4, -0.2) is 6.21 Å². The van der Waals surface area contributed by atoms with Crippen LogP contribution in [-0.2, 0) is 6.42 Å². The Bertz CT molecular complexity index is 262. The third kappa shape index (κ3) is 4.26. The molecule has 1 aromatic carbocycles. The number of rotatable bonds is 1. The predicted octanol–water partition coefficient (Wildman–Crippen LogP) is 3.22. The number of aliphatic imine (C=N–C) groups is 1. The lowest BCUT2D eigenvalue weighted by Gasteiger charge is -1.89. The lowest BCUT2D eigenvalue weighted by Crippen LogP contribution is -1.73. The lowest BCUT2D eigenvalue weighted by atomic mass is 10.2. The molecule has 13 heavy (non-hydrogen) atoms. The molecular formula is C12H15N. The highest BCUT2D eigenvalue weighted by Crippen LogP contribution is 1.96.